The number of hydrogen-bond donors (Lipinski definition) is 0. The highest BCUT2D eigenvalue weighted by Crippen LogP contribution is 2.04. The minimum Gasteiger partial charge on any atom is -0.0654 e. The summed E-state index contributed by atoms with van der Waals surface area (Å²) in [5.74, 6) is 0. The maximum atomic E-state index is 5.22. The standard InChI is InChI=1S/C9H17/c1-3-5-7-9-8-6-4-2/h1,3H,4-9H2,2H3/q+1. The van der Waals surface area contributed by atoms with Gasteiger partial charge in [-0.2, -0.15) is 0 Å². The molecule has 0 aliphatic carbocycles. The van der Waals surface area contributed by atoms with Crippen molar-refractivity contribution < 1.29 is 0 Å². The van der Waals surface area contributed by atoms with Crippen molar-refractivity contribution in [2.75, 3.05) is 0 Å². The molecule has 0 N–H and O–H groups in total. The van der Waals surface area contributed by atoms with Crippen LogP contribution in [0.4, 0.5) is 0 Å². The molecule has 0 aromatic rings. The molecule has 0 rings (SSSR count). The van der Waals surface area contributed by atoms with Gasteiger partial charge in [-0.3, -0.25) is 0 Å². The predicted molar refractivity (Wildman–Crippen MR) is 42.2 cm³/mol. The fourth-order valence-corrected chi connectivity index (χ4v) is 0.866. The Hall–Kier alpha value is -0.350. The molecule has 0 heterocycles. The van der Waals surface area contributed by atoms with Crippen molar-refractivity contribution in [2.45, 2.75) is 45.4 Å². The summed E-state index contributed by atoms with van der Waals surface area (Å²) in [6, 6.07) is 0. The van der Waals surface area contributed by atoms with Crippen LogP contribution in [-0.4, -0.2) is 0 Å². The predicted octanol–water partition coefficient (Wildman–Crippen LogP) is 3.34. The van der Waals surface area contributed by atoms with Crippen molar-refractivity contribution in [3.8, 4) is 0 Å². The first-order chi connectivity index (χ1) is 4.41. The van der Waals surface area contributed by atoms with Gasteiger partial charge in [-0.15, -0.1) is 0 Å². The molecular weight excluding hydrogens is 108 g/mol. The molecule has 0 aliphatic heterocycles. The van der Waals surface area contributed by atoms with Crippen molar-refractivity contribution in [2.24, 2.45) is 0 Å². The van der Waals surface area contributed by atoms with E-state index < -0.39 is 0 Å². The van der Waals surface area contributed by atoms with E-state index in [1.807, 2.05) is 0 Å². The molecule has 0 nitrogen and oxygen atoms in total. The van der Waals surface area contributed by atoms with Crippen LogP contribution in [0.25, 0.3) is 0 Å². The molecule has 0 unspecified atom stereocenters. The van der Waals surface area contributed by atoms with E-state index in [0.29, 0.717) is 0 Å². The van der Waals surface area contributed by atoms with Gasteiger partial charge in [-0.25, -0.2) is 0 Å². The molecule has 52 valence electrons. The molecule has 0 aromatic heterocycles. The van der Waals surface area contributed by atoms with Gasteiger partial charge >= 0.3 is 0 Å². The molecule has 0 bridgehead atoms. The first-order valence-electron chi connectivity index (χ1n) is 3.95. The van der Waals surface area contributed by atoms with Crippen molar-refractivity contribution in [3.05, 3.63) is 12.7 Å². The summed E-state index contributed by atoms with van der Waals surface area (Å²) in [5.41, 5.74) is 0. The number of rotatable bonds is 6. The third kappa shape index (κ3) is 7.65. The van der Waals surface area contributed by atoms with Crippen LogP contribution in [0.15, 0.2) is 6.08 Å². The van der Waals surface area contributed by atoms with E-state index >= 15 is 0 Å². The van der Waals surface area contributed by atoms with Crippen LogP contribution >= 0.6 is 0 Å². The molecule has 0 aromatic carbocycles. The van der Waals surface area contributed by atoms with E-state index in [4.69, 9.17) is 6.58 Å². The average molecular weight is 125 g/mol. The summed E-state index contributed by atoms with van der Waals surface area (Å²) >= 11 is 0. The van der Waals surface area contributed by atoms with E-state index in [2.05, 4.69) is 6.92 Å². The van der Waals surface area contributed by atoms with Crippen molar-refractivity contribution in [1.82, 2.24) is 0 Å². The molecule has 0 spiro atoms. The summed E-state index contributed by atoms with van der Waals surface area (Å²) in [6.45, 7) is 7.45. The van der Waals surface area contributed by atoms with E-state index in [9.17, 15) is 0 Å². The molecule has 0 fully saturated rings. The Morgan fingerprint density at radius 3 is 2.33 bits per heavy atom. The van der Waals surface area contributed by atoms with Crippen molar-refractivity contribution in [1.29, 1.82) is 0 Å². The van der Waals surface area contributed by atoms with Gasteiger partial charge in [-0.1, -0.05) is 32.6 Å². The van der Waals surface area contributed by atoms with Crippen LogP contribution in [0, 0.1) is 6.58 Å². The Balaban J connectivity index is 2.66. The Labute approximate surface area is 59.0 Å². The summed E-state index contributed by atoms with van der Waals surface area (Å²) in [4.78, 5) is 0. The fraction of sp³-hybridized carbons (Fsp3) is 0.778. The second kappa shape index (κ2) is 7.65. The number of allylic oxidation sites excluding steroid dienone is 1. The van der Waals surface area contributed by atoms with Crippen LogP contribution < -0.4 is 0 Å². The highest BCUT2D eigenvalue weighted by molar-refractivity contribution is 4.61. The zero-order valence-electron chi connectivity index (χ0n) is 6.40. The first kappa shape index (κ1) is 8.65. The normalized spacial score (nSPS) is 9.33. The van der Waals surface area contributed by atoms with Crippen molar-refractivity contribution >= 4 is 0 Å². The van der Waals surface area contributed by atoms with Crippen LogP contribution in [-0.2, 0) is 0 Å². The Bertz CT molecular complexity index is 55.1. The third-order valence-electron chi connectivity index (χ3n) is 1.47. The largest absolute Gasteiger partial charge is 0.201 e. The van der Waals surface area contributed by atoms with Gasteiger partial charge in [0.2, 0.25) is 6.58 Å². The van der Waals surface area contributed by atoms with Gasteiger partial charge in [0.25, 0.3) is 0 Å². The van der Waals surface area contributed by atoms with E-state index in [-0.39, 0.29) is 0 Å². The monoisotopic (exact) mass is 125 g/mol. The SMILES string of the molecule is [CH+]=CCCCCCCC. The van der Waals surface area contributed by atoms with Gasteiger partial charge in [-0.05, 0) is 6.42 Å². The molecule has 0 amide bonds. The van der Waals surface area contributed by atoms with Gasteiger partial charge < -0.3 is 0 Å². The molecule has 0 saturated carbocycles. The average Bonchev–Trinajstić information content (AvgIpc) is 1.89. The quantitative estimate of drug-likeness (QED) is 0.377. The zero-order chi connectivity index (χ0) is 6.95. The Morgan fingerprint density at radius 1 is 1.11 bits per heavy atom. The van der Waals surface area contributed by atoms with Gasteiger partial charge in [0.1, 0.15) is 0 Å². The van der Waals surface area contributed by atoms with Crippen LogP contribution in [0.5, 0.6) is 0 Å². The second-order valence-corrected chi connectivity index (χ2v) is 2.44. The summed E-state index contributed by atoms with van der Waals surface area (Å²) < 4.78 is 0. The molecule has 0 saturated heterocycles. The smallest absolute Gasteiger partial charge is 0.0654 e. The minimum absolute atomic E-state index is 1.09. The fourth-order valence-electron chi connectivity index (χ4n) is 0.866. The van der Waals surface area contributed by atoms with Gasteiger partial charge in [0.15, 0.2) is 6.08 Å². The number of hydrogen-bond acceptors (Lipinski definition) is 0. The Morgan fingerprint density at radius 2 is 1.78 bits per heavy atom. The molecule has 0 aliphatic rings. The van der Waals surface area contributed by atoms with Crippen molar-refractivity contribution in [3.63, 3.8) is 0 Å². The lowest BCUT2D eigenvalue weighted by molar-refractivity contribution is 0.637. The van der Waals surface area contributed by atoms with Crippen LogP contribution in [0.1, 0.15) is 45.4 Å². The molecule has 0 atom stereocenters. The lowest BCUT2D eigenvalue weighted by Gasteiger charge is -1.93. The zero-order valence-corrected chi connectivity index (χ0v) is 6.40. The summed E-state index contributed by atoms with van der Waals surface area (Å²) in [6.07, 6.45) is 9.55. The second-order valence-electron chi connectivity index (χ2n) is 2.44. The molecule has 0 radical (unpaired) electrons. The summed E-state index contributed by atoms with van der Waals surface area (Å²) in [5, 5.41) is 0. The maximum absolute atomic E-state index is 5.22. The molecule has 0 heteroatoms. The van der Waals surface area contributed by atoms with Crippen LogP contribution in [0.2, 0.25) is 0 Å². The topological polar surface area (TPSA) is 0 Å². The summed E-state index contributed by atoms with van der Waals surface area (Å²) in [7, 11) is 0. The maximum Gasteiger partial charge on any atom is 0.201 e. The first-order valence-corrected chi connectivity index (χ1v) is 3.95. The molecule has 9 heavy (non-hydrogen) atoms. The third-order valence-corrected chi connectivity index (χ3v) is 1.47. The molecular formula is C9H17+. The highest BCUT2D eigenvalue weighted by Gasteiger charge is 1.86. The number of unbranched alkanes of at least 4 members (excludes halogenated alkanes) is 5. The highest BCUT2D eigenvalue weighted by atomic mass is 13.9. The van der Waals surface area contributed by atoms with E-state index in [0.717, 1.165) is 6.42 Å². The minimum atomic E-state index is 1.09. The van der Waals surface area contributed by atoms with E-state index in [1.54, 1.807) is 6.08 Å². The lowest BCUT2D eigenvalue weighted by Crippen LogP contribution is -1.74. The van der Waals surface area contributed by atoms with Gasteiger partial charge in [0, 0.05) is 6.42 Å². The Kier molecular flexibility index (Phi) is 7.35. The van der Waals surface area contributed by atoms with Gasteiger partial charge in [0.05, 0.1) is 0 Å². The lowest BCUT2D eigenvalue weighted by atomic mass is 10.1. The van der Waals surface area contributed by atoms with E-state index in [1.165, 1.54) is 32.1 Å². The van der Waals surface area contributed by atoms with Crippen LogP contribution in [0.3, 0.4) is 0 Å².